The van der Waals surface area contributed by atoms with Crippen LogP contribution in [0.4, 0.5) is 11.6 Å². The maximum atomic E-state index is 5.93. The normalized spacial score (nSPS) is 18.2. The molecular formula is C15H19N5. The molecule has 3 rings (SSSR count). The van der Waals surface area contributed by atoms with E-state index in [1.54, 1.807) is 6.33 Å². The number of rotatable bonds is 4. The minimum absolute atomic E-state index is 0.255. The van der Waals surface area contributed by atoms with E-state index in [1.165, 1.54) is 5.56 Å². The molecule has 104 valence electrons. The molecule has 0 amide bonds. The highest BCUT2D eigenvalue weighted by atomic mass is 15.2. The van der Waals surface area contributed by atoms with E-state index < -0.39 is 0 Å². The van der Waals surface area contributed by atoms with Gasteiger partial charge in [-0.25, -0.2) is 9.97 Å². The molecule has 1 aromatic carbocycles. The number of anilines is 2. The van der Waals surface area contributed by atoms with Gasteiger partial charge in [-0.2, -0.15) is 0 Å². The summed E-state index contributed by atoms with van der Waals surface area (Å²) in [6, 6.07) is 12.5. The molecule has 2 aromatic rings. The van der Waals surface area contributed by atoms with E-state index in [-0.39, 0.29) is 6.04 Å². The predicted octanol–water partition coefficient (Wildman–Crippen LogP) is 1.63. The van der Waals surface area contributed by atoms with Crippen molar-refractivity contribution in [2.45, 2.75) is 19.0 Å². The van der Waals surface area contributed by atoms with E-state index in [0.717, 1.165) is 37.7 Å². The van der Waals surface area contributed by atoms with Crippen molar-refractivity contribution in [1.82, 2.24) is 9.97 Å². The first-order valence-corrected chi connectivity index (χ1v) is 6.91. The fourth-order valence-corrected chi connectivity index (χ4v) is 2.40. The Kier molecular flexibility index (Phi) is 3.78. The third-order valence-corrected chi connectivity index (χ3v) is 3.52. The van der Waals surface area contributed by atoms with Crippen molar-refractivity contribution in [2.24, 2.45) is 5.73 Å². The molecule has 0 radical (unpaired) electrons. The quantitative estimate of drug-likeness (QED) is 0.883. The lowest BCUT2D eigenvalue weighted by Crippen LogP contribution is -2.26. The topological polar surface area (TPSA) is 67.1 Å². The molecule has 1 aliphatic rings. The SMILES string of the molecule is NC1CCN(c2cc(NCc3ccccc3)ncn2)C1. The molecule has 3 N–H and O–H groups in total. The highest BCUT2D eigenvalue weighted by Crippen LogP contribution is 2.19. The summed E-state index contributed by atoms with van der Waals surface area (Å²) < 4.78 is 0. The van der Waals surface area contributed by atoms with E-state index in [4.69, 9.17) is 5.73 Å². The first kappa shape index (κ1) is 12.9. The zero-order valence-corrected chi connectivity index (χ0v) is 11.4. The molecular weight excluding hydrogens is 250 g/mol. The molecule has 1 atom stereocenters. The Balaban J connectivity index is 1.65. The second-order valence-corrected chi connectivity index (χ2v) is 5.10. The van der Waals surface area contributed by atoms with Crippen molar-refractivity contribution >= 4 is 11.6 Å². The van der Waals surface area contributed by atoms with Crippen molar-refractivity contribution in [3.63, 3.8) is 0 Å². The summed E-state index contributed by atoms with van der Waals surface area (Å²) in [4.78, 5) is 10.8. The van der Waals surface area contributed by atoms with E-state index in [0.29, 0.717) is 0 Å². The second kappa shape index (κ2) is 5.88. The molecule has 1 fully saturated rings. The van der Waals surface area contributed by atoms with Gasteiger partial charge < -0.3 is 16.0 Å². The molecule has 5 heteroatoms. The Hall–Kier alpha value is -2.14. The number of benzene rings is 1. The maximum Gasteiger partial charge on any atom is 0.134 e. The monoisotopic (exact) mass is 269 g/mol. The summed E-state index contributed by atoms with van der Waals surface area (Å²) in [6.45, 7) is 2.60. The lowest BCUT2D eigenvalue weighted by molar-refractivity contribution is 0.751. The fraction of sp³-hybridized carbons (Fsp3) is 0.333. The van der Waals surface area contributed by atoms with Crippen molar-refractivity contribution in [3.8, 4) is 0 Å². The highest BCUT2D eigenvalue weighted by Gasteiger charge is 2.20. The summed E-state index contributed by atoms with van der Waals surface area (Å²) in [7, 11) is 0. The molecule has 1 aliphatic heterocycles. The molecule has 5 nitrogen and oxygen atoms in total. The highest BCUT2D eigenvalue weighted by molar-refractivity contribution is 5.49. The molecule has 2 heterocycles. The zero-order valence-electron chi connectivity index (χ0n) is 11.4. The third-order valence-electron chi connectivity index (χ3n) is 3.52. The van der Waals surface area contributed by atoms with Gasteiger partial charge in [0.25, 0.3) is 0 Å². The average molecular weight is 269 g/mol. The molecule has 1 saturated heterocycles. The summed E-state index contributed by atoms with van der Waals surface area (Å²) in [6.07, 6.45) is 2.63. The molecule has 1 aromatic heterocycles. The Morgan fingerprint density at radius 3 is 2.85 bits per heavy atom. The summed E-state index contributed by atoms with van der Waals surface area (Å²) in [5.41, 5.74) is 7.17. The van der Waals surface area contributed by atoms with Crippen LogP contribution in [0, 0.1) is 0 Å². The predicted molar refractivity (Wildman–Crippen MR) is 80.6 cm³/mol. The number of nitrogens with one attached hydrogen (secondary N) is 1. The Morgan fingerprint density at radius 2 is 2.10 bits per heavy atom. The zero-order chi connectivity index (χ0) is 13.8. The van der Waals surface area contributed by atoms with Crippen LogP contribution >= 0.6 is 0 Å². The Bertz CT molecular complexity index is 557. The molecule has 0 bridgehead atoms. The first-order chi connectivity index (χ1) is 9.81. The van der Waals surface area contributed by atoms with Crippen LogP contribution in [-0.2, 0) is 6.54 Å². The Labute approximate surface area is 118 Å². The van der Waals surface area contributed by atoms with Crippen LogP contribution < -0.4 is 16.0 Å². The van der Waals surface area contributed by atoms with Crippen molar-refractivity contribution in [3.05, 3.63) is 48.3 Å². The van der Waals surface area contributed by atoms with Crippen molar-refractivity contribution < 1.29 is 0 Å². The Morgan fingerprint density at radius 1 is 1.25 bits per heavy atom. The van der Waals surface area contributed by atoms with Crippen LogP contribution in [-0.4, -0.2) is 29.1 Å². The summed E-state index contributed by atoms with van der Waals surface area (Å²) in [5.74, 6) is 1.79. The number of nitrogens with zero attached hydrogens (tertiary/aromatic N) is 3. The van der Waals surface area contributed by atoms with Crippen LogP contribution in [0.15, 0.2) is 42.7 Å². The minimum Gasteiger partial charge on any atom is -0.366 e. The van der Waals surface area contributed by atoms with Crippen LogP contribution in [0.3, 0.4) is 0 Å². The van der Waals surface area contributed by atoms with Gasteiger partial charge >= 0.3 is 0 Å². The molecule has 0 spiro atoms. The average Bonchev–Trinajstić information content (AvgIpc) is 2.93. The molecule has 20 heavy (non-hydrogen) atoms. The van der Waals surface area contributed by atoms with Gasteiger partial charge in [-0.3, -0.25) is 0 Å². The first-order valence-electron chi connectivity index (χ1n) is 6.91. The second-order valence-electron chi connectivity index (χ2n) is 5.10. The fourth-order valence-electron chi connectivity index (χ4n) is 2.40. The van der Waals surface area contributed by atoms with Crippen molar-refractivity contribution in [2.75, 3.05) is 23.3 Å². The number of hydrogen-bond donors (Lipinski definition) is 2. The van der Waals surface area contributed by atoms with E-state index in [2.05, 4.69) is 32.3 Å². The van der Waals surface area contributed by atoms with E-state index >= 15 is 0 Å². The van der Waals surface area contributed by atoms with Gasteiger partial charge in [-0.1, -0.05) is 30.3 Å². The maximum absolute atomic E-state index is 5.93. The van der Waals surface area contributed by atoms with Gasteiger partial charge in [0.2, 0.25) is 0 Å². The van der Waals surface area contributed by atoms with Gasteiger partial charge in [0.05, 0.1) is 0 Å². The van der Waals surface area contributed by atoms with Gasteiger partial charge in [-0.15, -0.1) is 0 Å². The number of nitrogens with two attached hydrogens (primary N) is 1. The van der Waals surface area contributed by atoms with Crippen molar-refractivity contribution in [1.29, 1.82) is 0 Å². The van der Waals surface area contributed by atoms with Gasteiger partial charge in [0.1, 0.15) is 18.0 Å². The third kappa shape index (κ3) is 3.05. The van der Waals surface area contributed by atoms with E-state index in [9.17, 15) is 0 Å². The van der Waals surface area contributed by atoms with Gasteiger partial charge in [0.15, 0.2) is 0 Å². The summed E-state index contributed by atoms with van der Waals surface area (Å²) in [5, 5.41) is 3.33. The standard InChI is InChI=1S/C15H19N5/c16-13-6-7-20(10-13)15-8-14(18-11-19-15)17-9-12-4-2-1-3-5-12/h1-5,8,11,13H,6-7,9-10,16H2,(H,17,18,19). The van der Waals surface area contributed by atoms with Gasteiger partial charge in [-0.05, 0) is 12.0 Å². The smallest absolute Gasteiger partial charge is 0.134 e. The lowest BCUT2D eigenvalue weighted by Gasteiger charge is -2.17. The van der Waals surface area contributed by atoms with E-state index in [1.807, 2.05) is 24.3 Å². The number of aromatic nitrogens is 2. The van der Waals surface area contributed by atoms with Crippen LogP contribution in [0.2, 0.25) is 0 Å². The van der Waals surface area contributed by atoms with Gasteiger partial charge in [0, 0.05) is 31.7 Å². The molecule has 1 unspecified atom stereocenters. The van der Waals surface area contributed by atoms with Crippen LogP contribution in [0.5, 0.6) is 0 Å². The molecule has 0 aliphatic carbocycles. The molecule has 0 saturated carbocycles. The minimum atomic E-state index is 0.255. The van der Waals surface area contributed by atoms with Crippen LogP contribution in [0.1, 0.15) is 12.0 Å². The van der Waals surface area contributed by atoms with Crippen LogP contribution in [0.25, 0.3) is 0 Å². The number of hydrogen-bond acceptors (Lipinski definition) is 5. The lowest BCUT2D eigenvalue weighted by atomic mass is 10.2. The summed E-state index contributed by atoms with van der Waals surface area (Å²) >= 11 is 0. The largest absolute Gasteiger partial charge is 0.366 e.